The summed E-state index contributed by atoms with van der Waals surface area (Å²) < 4.78 is 10.7. The van der Waals surface area contributed by atoms with Gasteiger partial charge in [-0.1, -0.05) is 0 Å². The molecule has 0 bridgehead atoms. The summed E-state index contributed by atoms with van der Waals surface area (Å²) in [4.78, 5) is 17.1. The summed E-state index contributed by atoms with van der Waals surface area (Å²) in [5.74, 6) is 1.48. The molecule has 1 atom stereocenters. The molecule has 0 aromatic heterocycles. The van der Waals surface area contributed by atoms with Gasteiger partial charge in [-0.15, -0.1) is 0 Å². The molecule has 0 radical (unpaired) electrons. The van der Waals surface area contributed by atoms with Gasteiger partial charge in [0.25, 0.3) is 5.91 Å². The molecule has 4 rings (SSSR count). The fourth-order valence-electron chi connectivity index (χ4n) is 3.48. The molecule has 0 saturated carbocycles. The Hall–Kier alpha value is -1.79. The molecule has 0 spiro atoms. The summed E-state index contributed by atoms with van der Waals surface area (Å²) in [6.45, 7) is 6.16. The van der Waals surface area contributed by atoms with Crippen molar-refractivity contribution < 1.29 is 14.3 Å². The third-order valence-corrected chi connectivity index (χ3v) is 4.74. The number of piperazine rings is 1. The SMILES string of the molecule is O=C(c1ccc2c(c1)OCO2)N1CCC(N2CCNCC2)C1. The van der Waals surface area contributed by atoms with E-state index in [0.717, 1.165) is 51.4 Å². The minimum atomic E-state index is 0.0935. The van der Waals surface area contributed by atoms with Crippen LogP contribution in [-0.2, 0) is 0 Å². The van der Waals surface area contributed by atoms with Gasteiger partial charge in [-0.3, -0.25) is 9.69 Å². The number of benzene rings is 1. The zero-order valence-corrected chi connectivity index (χ0v) is 12.6. The van der Waals surface area contributed by atoms with E-state index < -0.39 is 0 Å². The van der Waals surface area contributed by atoms with E-state index in [4.69, 9.17) is 9.47 Å². The molecule has 6 heteroatoms. The maximum absolute atomic E-state index is 12.7. The summed E-state index contributed by atoms with van der Waals surface area (Å²) in [6, 6.07) is 5.94. The largest absolute Gasteiger partial charge is 0.454 e. The number of amides is 1. The highest BCUT2D eigenvalue weighted by molar-refractivity contribution is 5.95. The summed E-state index contributed by atoms with van der Waals surface area (Å²) in [5.41, 5.74) is 0.685. The van der Waals surface area contributed by atoms with E-state index in [1.54, 1.807) is 6.07 Å². The lowest BCUT2D eigenvalue weighted by Crippen LogP contribution is -2.49. The van der Waals surface area contributed by atoms with Crippen molar-refractivity contribution in [1.29, 1.82) is 0 Å². The van der Waals surface area contributed by atoms with Crippen LogP contribution in [0.2, 0.25) is 0 Å². The fourth-order valence-corrected chi connectivity index (χ4v) is 3.48. The number of nitrogens with one attached hydrogen (secondary N) is 1. The maximum atomic E-state index is 12.7. The second-order valence-electron chi connectivity index (χ2n) is 6.05. The molecule has 6 nitrogen and oxygen atoms in total. The van der Waals surface area contributed by atoms with Crippen LogP contribution in [0.15, 0.2) is 18.2 Å². The number of fused-ring (bicyclic) bond motifs is 1. The molecule has 2 fully saturated rings. The molecule has 3 aliphatic rings. The number of carbonyl (C=O) groups is 1. The molecule has 3 heterocycles. The molecule has 22 heavy (non-hydrogen) atoms. The molecular weight excluding hydrogens is 282 g/mol. The number of hydrogen-bond donors (Lipinski definition) is 1. The Morgan fingerprint density at radius 1 is 1.14 bits per heavy atom. The van der Waals surface area contributed by atoms with Crippen LogP contribution < -0.4 is 14.8 Å². The van der Waals surface area contributed by atoms with Crippen LogP contribution in [0.4, 0.5) is 0 Å². The van der Waals surface area contributed by atoms with Crippen LogP contribution in [0.25, 0.3) is 0 Å². The monoisotopic (exact) mass is 303 g/mol. The number of nitrogens with zero attached hydrogens (tertiary/aromatic N) is 2. The van der Waals surface area contributed by atoms with E-state index in [9.17, 15) is 4.79 Å². The number of likely N-dealkylation sites (tertiary alicyclic amines) is 1. The van der Waals surface area contributed by atoms with Crippen LogP contribution in [0.3, 0.4) is 0 Å². The van der Waals surface area contributed by atoms with Crippen LogP contribution in [0.5, 0.6) is 11.5 Å². The highest BCUT2D eigenvalue weighted by Crippen LogP contribution is 2.33. The van der Waals surface area contributed by atoms with Gasteiger partial charge in [0, 0.05) is 50.9 Å². The van der Waals surface area contributed by atoms with Crippen molar-refractivity contribution in [1.82, 2.24) is 15.1 Å². The molecule has 1 unspecified atom stereocenters. The lowest BCUT2D eigenvalue weighted by atomic mass is 10.1. The molecule has 1 aromatic rings. The van der Waals surface area contributed by atoms with Crippen molar-refractivity contribution in [3.63, 3.8) is 0 Å². The first-order valence-corrected chi connectivity index (χ1v) is 7.95. The van der Waals surface area contributed by atoms with Gasteiger partial charge in [0.15, 0.2) is 11.5 Å². The molecule has 1 aromatic carbocycles. The zero-order chi connectivity index (χ0) is 14.9. The molecule has 0 aliphatic carbocycles. The Bertz CT molecular complexity index is 572. The van der Waals surface area contributed by atoms with Crippen molar-refractivity contribution >= 4 is 5.91 Å². The average molecular weight is 303 g/mol. The first kappa shape index (κ1) is 13.8. The zero-order valence-electron chi connectivity index (χ0n) is 12.6. The molecule has 118 valence electrons. The highest BCUT2D eigenvalue weighted by Gasteiger charge is 2.31. The predicted molar refractivity (Wildman–Crippen MR) is 81.3 cm³/mol. The summed E-state index contributed by atoms with van der Waals surface area (Å²) >= 11 is 0. The van der Waals surface area contributed by atoms with E-state index in [2.05, 4.69) is 10.2 Å². The Kier molecular flexibility index (Phi) is 3.63. The van der Waals surface area contributed by atoms with Crippen LogP contribution >= 0.6 is 0 Å². The van der Waals surface area contributed by atoms with Crippen molar-refractivity contribution in [2.24, 2.45) is 0 Å². The smallest absolute Gasteiger partial charge is 0.254 e. The second-order valence-corrected chi connectivity index (χ2v) is 6.05. The third kappa shape index (κ3) is 2.53. The molecule has 2 saturated heterocycles. The number of rotatable bonds is 2. The third-order valence-electron chi connectivity index (χ3n) is 4.74. The molecular formula is C16H21N3O3. The van der Waals surface area contributed by atoms with E-state index in [1.807, 2.05) is 17.0 Å². The second kappa shape index (κ2) is 5.78. The summed E-state index contributed by atoms with van der Waals surface area (Å²) in [7, 11) is 0. The Morgan fingerprint density at radius 2 is 1.95 bits per heavy atom. The minimum absolute atomic E-state index is 0.0935. The van der Waals surface area contributed by atoms with Gasteiger partial charge in [-0.25, -0.2) is 0 Å². The summed E-state index contributed by atoms with van der Waals surface area (Å²) in [5, 5.41) is 3.37. The quantitative estimate of drug-likeness (QED) is 0.864. The van der Waals surface area contributed by atoms with Gasteiger partial charge in [-0.05, 0) is 24.6 Å². The number of hydrogen-bond acceptors (Lipinski definition) is 5. The van der Waals surface area contributed by atoms with E-state index in [-0.39, 0.29) is 12.7 Å². The average Bonchev–Trinajstić information content (AvgIpc) is 3.23. The Morgan fingerprint density at radius 3 is 2.82 bits per heavy atom. The summed E-state index contributed by atoms with van der Waals surface area (Å²) in [6.07, 6.45) is 1.07. The minimum Gasteiger partial charge on any atom is -0.454 e. The van der Waals surface area contributed by atoms with Gasteiger partial charge < -0.3 is 19.7 Å². The van der Waals surface area contributed by atoms with Crippen LogP contribution in [0.1, 0.15) is 16.8 Å². The Labute approximate surface area is 130 Å². The lowest BCUT2D eigenvalue weighted by molar-refractivity contribution is 0.0773. The van der Waals surface area contributed by atoms with Gasteiger partial charge in [0.2, 0.25) is 6.79 Å². The molecule has 1 N–H and O–H groups in total. The van der Waals surface area contributed by atoms with Gasteiger partial charge in [0.05, 0.1) is 0 Å². The van der Waals surface area contributed by atoms with Gasteiger partial charge in [0.1, 0.15) is 0 Å². The van der Waals surface area contributed by atoms with Crippen molar-refractivity contribution in [3.05, 3.63) is 23.8 Å². The van der Waals surface area contributed by atoms with Crippen LogP contribution in [-0.4, -0.2) is 67.8 Å². The maximum Gasteiger partial charge on any atom is 0.254 e. The van der Waals surface area contributed by atoms with Crippen LogP contribution in [0, 0.1) is 0 Å². The molecule has 1 amide bonds. The van der Waals surface area contributed by atoms with Crippen molar-refractivity contribution in [2.75, 3.05) is 46.1 Å². The topological polar surface area (TPSA) is 54.0 Å². The van der Waals surface area contributed by atoms with Crippen molar-refractivity contribution in [2.45, 2.75) is 12.5 Å². The first-order chi connectivity index (χ1) is 10.8. The Balaban J connectivity index is 1.43. The molecule has 3 aliphatic heterocycles. The fraction of sp³-hybridized carbons (Fsp3) is 0.562. The van der Waals surface area contributed by atoms with E-state index in [1.165, 1.54) is 0 Å². The number of ether oxygens (including phenoxy) is 2. The van der Waals surface area contributed by atoms with Crippen molar-refractivity contribution in [3.8, 4) is 11.5 Å². The van der Waals surface area contributed by atoms with E-state index in [0.29, 0.717) is 17.4 Å². The normalized spacial score (nSPS) is 24.7. The predicted octanol–water partition coefficient (Wildman–Crippen LogP) is 0.535. The number of carbonyl (C=O) groups excluding carboxylic acids is 1. The van der Waals surface area contributed by atoms with E-state index >= 15 is 0 Å². The van der Waals surface area contributed by atoms with Gasteiger partial charge in [-0.2, -0.15) is 0 Å². The standard InChI is InChI=1S/C16H21N3O3/c20-16(12-1-2-14-15(9-12)22-11-21-14)19-6-3-13(10-19)18-7-4-17-5-8-18/h1-2,9,13,17H,3-8,10-11H2. The first-order valence-electron chi connectivity index (χ1n) is 7.95. The lowest BCUT2D eigenvalue weighted by Gasteiger charge is -2.32. The highest BCUT2D eigenvalue weighted by atomic mass is 16.7. The van der Waals surface area contributed by atoms with Gasteiger partial charge >= 0.3 is 0 Å².